The Hall–Kier alpha value is -0.730. The molecule has 78 valence electrons. The lowest BCUT2D eigenvalue weighted by molar-refractivity contribution is 0.286. The molecule has 1 atom stereocenters. The van der Waals surface area contributed by atoms with Gasteiger partial charge < -0.3 is 10.5 Å². The van der Waals surface area contributed by atoms with Crippen LogP contribution in [0.4, 0.5) is 0 Å². The van der Waals surface area contributed by atoms with Crippen LogP contribution in [-0.2, 0) is 0 Å². The first-order valence-corrected chi connectivity index (χ1v) is 5.18. The quantitative estimate of drug-likeness (QED) is 0.817. The highest BCUT2D eigenvalue weighted by Gasteiger charge is 1.99. The molecule has 1 rings (SSSR count). The summed E-state index contributed by atoms with van der Waals surface area (Å²) in [6.07, 6.45) is 0.985. The van der Waals surface area contributed by atoms with Crippen LogP contribution >= 0.6 is 11.6 Å². The molecule has 0 aliphatic heterocycles. The molecule has 0 radical (unpaired) electrons. The van der Waals surface area contributed by atoms with Gasteiger partial charge in [0.1, 0.15) is 5.75 Å². The zero-order valence-corrected chi connectivity index (χ0v) is 9.13. The largest absolute Gasteiger partial charge is 0.494 e. The highest BCUT2D eigenvalue weighted by atomic mass is 35.5. The minimum Gasteiger partial charge on any atom is -0.494 e. The summed E-state index contributed by atoms with van der Waals surface area (Å²) in [4.78, 5) is 0. The van der Waals surface area contributed by atoms with Crippen LogP contribution in [0, 0.1) is 5.92 Å². The van der Waals surface area contributed by atoms with Crippen molar-refractivity contribution >= 4 is 11.6 Å². The van der Waals surface area contributed by atoms with Crippen molar-refractivity contribution in [1.82, 2.24) is 0 Å². The zero-order valence-electron chi connectivity index (χ0n) is 8.37. The summed E-state index contributed by atoms with van der Waals surface area (Å²) in [5.74, 6) is 1.38. The Kier molecular flexibility index (Phi) is 4.77. The maximum Gasteiger partial charge on any atom is 0.119 e. The van der Waals surface area contributed by atoms with E-state index in [2.05, 4.69) is 6.92 Å². The van der Waals surface area contributed by atoms with E-state index in [1.165, 1.54) is 0 Å². The summed E-state index contributed by atoms with van der Waals surface area (Å²) in [5, 5.41) is 0.729. The highest BCUT2D eigenvalue weighted by molar-refractivity contribution is 6.30. The van der Waals surface area contributed by atoms with Crippen molar-refractivity contribution in [1.29, 1.82) is 0 Å². The minimum absolute atomic E-state index is 0.516. The van der Waals surface area contributed by atoms with Gasteiger partial charge in [0, 0.05) is 5.02 Å². The van der Waals surface area contributed by atoms with Crippen molar-refractivity contribution < 1.29 is 4.74 Å². The molecule has 0 spiro atoms. The molecule has 0 saturated carbocycles. The van der Waals surface area contributed by atoms with E-state index in [0.29, 0.717) is 19.1 Å². The van der Waals surface area contributed by atoms with Gasteiger partial charge in [-0.2, -0.15) is 0 Å². The van der Waals surface area contributed by atoms with E-state index < -0.39 is 0 Å². The first-order chi connectivity index (χ1) is 6.72. The molecule has 2 nitrogen and oxygen atoms in total. The van der Waals surface area contributed by atoms with Crippen LogP contribution in [-0.4, -0.2) is 13.2 Å². The second-order valence-electron chi connectivity index (χ2n) is 3.43. The summed E-state index contributed by atoms with van der Waals surface area (Å²) in [6.45, 7) is 3.54. The summed E-state index contributed by atoms with van der Waals surface area (Å²) < 4.78 is 5.52. The average molecular weight is 214 g/mol. The minimum atomic E-state index is 0.516. The van der Waals surface area contributed by atoms with Gasteiger partial charge in [-0.25, -0.2) is 0 Å². The van der Waals surface area contributed by atoms with Crippen molar-refractivity contribution in [3.8, 4) is 5.75 Å². The van der Waals surface area contributed by atoms with Crippen LogP contribution in [0.1, 0.15) is 13.3 Å². The Bertz CT molecular complexity index is 260. The number of benzene rings is 1. The monoisotopic (exact) mass is 213 g/mol. The predicted molar refractivity (Wildman–Crippen MR) is 59.8 cm³/mol. The Balaban J connectivity index is 2.28. The van der Waals surface area contributed by atoms with Crippen molar-refractivity contribution in [2.24, 2.45) is 11.7 Å². The first-order valence-electron chi connectivity index (χ1n) is 4.81. The Morgan fingerprint density at radius 2 is 2.00 bits per heavy atom. The topological polar surface area (TPSA) is 35.2 Å². The molecule has 0 heterocycles. The molecule has 0 saturated heterocycles. The third-order valence-corrected chi connectivity index (χ3v) is 2.35. The van der Waals surface area contributed by atoms with Crippen LogP contribution in [0.3, 0.4) is 0 Å². The second-order valence-corrected chi connectivity index (χ2v) is 3.87. The lowest BCUT2D eigenvalue weighted by atomic mass is 10.1. The van der Waals surface area contributed by atoms with Gasteiger partial charge in [0.2, 0.25) is 0 Å². The Morgan fingerprint density at radius 3 is 2.57 bits per heavy atom. The number of ether oxygens (including phenoxy) is 1. The van der Waals surface area contributed by atoms with E-state index in [1.54, 1.807) is 0 Å². The molecule has 2 N–H and O–H groups in total. The highest BCUT2D eigenvalue weighted by Crippen LogP contribution is 2.15. The molecule has 0 aliphatic rings. The van der Waals surface area contributed by atoms with Gasteiger partial charge in [0.25, 0.3) is 0 Å². The van der Waals surface area contributed by atoms with Crippen LogP contribution in [0.2, 0.25) is 5.02 Å². The van der Waals surface area contributed by atoms with Gasteiger partial charge in [0.05, 0.1) is 6.61 Å². The number of hydrogen-bond acceptors (Lipinski definition) is 2. The average Bonchev–Trinajstić information content (AvgIpc) is 2.21. The molecule has 0 aliphatic carbocycles. The van der Waals surface area contributed by atoms with E-state index >= 15 is 0 Å². The smallest absolute Gasteiger partial charge is 0.119 e. The number of halogens is 1. The van der Waals surface area contributed by atoms with Gasteiger partial charge in [-0.1, -0.05) is 18.5 Å². The van der Waals surface area contributed by atoms with Gasteiger partial charge in [-0.15, -0.1) is 0 Å². The van der Waals surface area contributed by atoms with E-state index in [4.69, 9.17) is 22.1 Å². The molecule has 0 bridgehead atoms. The Labute approximate surface area is 90.0 Å². The summed E-state index contributed by atoms with van der Waals surface area (Å²) >= 11 is 5.75. The lowest BCUT2D eigenvalue weighted by Gasteiger charge is -2.09. The molecule has 1 unspecified atom stereocenters. The normalized spacial score (nSPS) is 12.5. The van der Waals surface area contributed by atoms with E-state index in [1.807, 2.05) is 24.3 Å². The standard InChI is InChI=1S/C11H16ClNO/c1-9(8-13)6-7-14-11-4-2-10(12)3-5-11/h2-5,9H,6-8,13H2,1H3. The fraction of sp³-hybridized carbons (Fsp3) is 0.455. The van der Waals surface area contributed by atoms with Crippen molar-refractivity contribution in [2.75, 3.05) is 13.2 Å². The van der Waals surface area contributed by atoms with Crippen LogP contribution < -0.4 is 10.5 Å². The summed E-state index contributed by atoms with van der Waals surface area (Å²) in [5.41, 5.74) is 5.50. The Morgan fingerprint density at radius 1 is 1.36 bits per heavy atom. The van der Waals surface area contributed by atoms with Gasteiger partial charge >= 0.3 is 0 Å². The SMILES string of the molecule is CC(CN)CCOc1ccc(Cl)cc1. The van der Waals surface area contributed by atoms with E-state index in [0.717, 1.165) is 17.2 Å². The number of rotatable bonds is 5. The molecule has 3 heteroatoms. The molecule has 14 heavy (non-hydrogen) atoms. The molecular weight excluding hydrogens is 198 g/mol. The summed E-state index contributed by atoms with van der Waals surface area (Å²) in [7, 11) is 0. The molecule has 0 fully saturated rings. The van der Waals surface area contributed by atoms with Gasteiger partial charge in [-0.05, 0) is 43.1 Å². The molecule has 1 aromatic rings. The fourth-order valence-corrected chi connectivity index (χ4v) is 1.15. The first kappa shape index (κ1) is 11.3. The van der Waals surface area contributed by atoms with Crippen molar-refractivity contribution in [3.05, 3.63) is 29.3 Å². The maximum atomic E-state index is 5.75. The lowest BCUT2D eigenvalue weighted by Crippen LogP contribution is -2.13. The van der Waals surface area contributed by atoms with E-state index in [9.17, 15) is 0 Å². The third-order valence-electron chi connectivity index (χ3n) is 2.10. The zero-order chi connectivity index (χ0) is 10.4. The number of nitrogens with two attached hydrogens (primary N) is 1. The van der Waals surface area contributed by atoms with Gasteiger partial charge in [-0.3, -0.25) is 0 Å². The summed E-state index contributed by atoms with van der Waals surface area (Å²) in [6, 6.07) is 7.39. The molecule has 0 aromatic heterocycles. The fourth-order valence-electron chi connectivity index (χ4n) is 1.03. The van der Waals surface area contributed by atoms with Gasteiger partial charge in [0.15, 0.2) is 0 Å². The second kappa shape index (κ2) is 5.89. The number of hydrogen-bond donors (Lipinski definition) is 1. The van der Waals surface area contributed by atoms with Crippen molar-refractivity contribution in [2.45, 2.75) is 13.3 Å². The molecular formula is C11H16ClNO. The van der Waals surface area contributed by atoms with Crippen molar-refractivity contribution in [3.63, 3.8) is 0 Å². The molecule has 0 amide bonds. The van der Waals surface area contributed by atoms with Crippen LogP contribution in [0.5, 0.6) is 5.75 Å². The third kappa shape index (κ3) is 3.99. The van der Waals surface area contributed by atoms with E-state index in [-0.39, 0.29) is 0 Å². The maximum absolute atomic E-state index is 5.75. The predicted octanol–water partition coefficient (Wildman–Crippen LogP) is 2.70. The van der Waals surface area contributed by atoms with Crippen LogP contribution in [0.15, 0.2) is 24.3 Å². The van der Waals surface area contributed by atoms with Crippen LogP contribution in [0.25, 0.3) is 0 Å². The molecule has 1 aromatic carbocycles.